The first kappa shape index (κ1) is 21.7. The number of hydrogen-bond donors (Lipinski definition) is 2. The van der Waals surface area contributed by atoms with Gasteiger partial charge in [-0.25, -0.2) is 0 Å². The number of nitrogens with two attached hydrogens (primary N) is 1. The Balaban J connectivity index is 1.43. The Kier molecular flexibility index (Phi) is 6.21. The van der Waals surface area contributed by atoms with E-state index < -0.39 is 0 Å². The van der Waals surface area contributed by atoms with Crippen molar-refractivity contribution in [2.45, 2.75) is 37.6 Å². The molecule has 4 rings (SSSR count). The highest BCUT2D eigenvalue weighted by atomic mass is 35.5. The Bertz CT molecular complexity index is 979. The monoisotopic (exact) mass is 441 g/mol. The number of fused-ring (bicyclic) bond motifs is 1. The van der Waals surface area contributed by atoms with Crippen molar-refractivity contribution < 1.29 is 14.3 Å². The number of carbonyl (C=O) groups excluding carboxylic acids is 2. The van der Waals surface area contributed by atoms with Gasteiger partial charge in [-0.1, -0.05) is 24.4 Å². The van der Waals surface area contributed by atoms with Crippen molar-refractivity contribution in [3.8, 4) is 5.75 Å². The summed E-state index contributed by atoms with van der Waals surface area (Å²) in [5, 5.41) is 3.14. The third-order valence-electron chi connectivity index (χ3n) is 6.64. The number of ether oxygens (including phenoxy) is 1. The van der Waals surface area contributed by atoms with Crippen molar-refractivity contribution in [1.29, 1.82) is 0 Å². The van der Waals surface area contributed by atoms with Gasteiger partial charge in [0, 0.05) is 29.9 Å². The standard InChI is InChI=1S/C24H28ClN3O3/c1-31-19-8-5-16(6-9-19)22(29)27-18-7-10-20(21(25)14-18)23(30)28-13-12-24(26)11-3-2-4-17(24)15-28/h5-10,14,17H,2-4,11-13,15,26H2,1H3,(H,27,29). The molecule has 2 atom stereocenters. The van der Waals surface area contributed by atoms with Crippen molar-refractivity contribution >= 4 is 29.1 Å². The molecule has 2 aromatic carbocycles. The molecule has 7 heteroatoms. The summed E-state index contributed by atoms with van der Waals surface area (Å²) < 4.78 is 5.11. The van der Waals surface area contributed by atoms with Gasteiger partial charge in [-0.15, -0.1) is 0 Å². The summed E-state index contributed by atoms with van der Waals surface area (Å²) >= 11 is 6.44. The van der Waals surface area contributed by atoms with Crippen LogP contribution in [0.1, 0.15) is 52.8 Å². The molecule has 1 aliphatic heterocycles. The first-order valence-electron chi connectivity index (χ1n) is 10.7. The minimum atomic E-state index is -0.259. The molecule has 1 saturated heterocycles. The van der Waals surface area contributed by atoms with Crippen LogP contribution in [-0.4, -0.2) is 42.5 Å². The predicted octanol–water partition coefficient (Wildman–Crippen LogP) is 4.33. The topological polar surface area (TPSA) is 84.7 Å². The van der Waals surface area contributed by atoms with Crippen LogP contribution in [0.5, 0.6) is 5.75 Å². The van der Waals surface area contributed by atoms with E-state index in [1.165, 1.54) is 12.8 Å². The van der Waals surface area contributed by atoms with E-state index in [4.69, 9.17) is 22.1 Å². The average Bonchev–Trinajstić information content (AvgIpc) is 2.78. The third kappa shape index (κ3) is 4.55. The first-order valence-corrected chi connectivity index (χ1v) is 11.1. The molecule has 2 aliphatic rings. The lowest BCUT2D eigenvalue weighted by atomic mass is 9.69. The van der Waals surface area contributed by atoms with Crippen LogP contribution in [0.15, 0.2) is 42.5 Å². The summed E-state index contributed by atoms with van der Waals surface area (Å²) in [6.45, 7) is 1.33. The van der Waals surface area contributed by atoms with Gasteiger partial charge in [0.15, 0.2) is 0 Å². The molecule has 31 heavy (non-hydrogen) atoms. The highest BCUT2D eigenvalue weighted by Gasteiger charge is 2.42. The van der Waals surface area contributed by atoms with Crippen molar-refractivity contribution in [1.82, 2.24) is 4.90 Å². The number of halogens is 1. The maximum Gasteiger partial charge on any atom is 0.255 e. The van der Waals surface area contributed by atoms with Crippen LogP contribution in [0.3, 0.4) is 0 Å². The SMILES string of the molecule is COc1ccc(C(=O)Nc2ccc(C(=O)N3CCC4(N)CCCCC4C3)c(Cl)c2)cc1. The van der Waals surface area contributed by atoms with E-state index in [9.17, 15) is 9.59 Å². The number of piperidine rings is 1. The van der Waals surface area contributed by atoms with Gasteiger partial charge in [0.05, 0.1) is 17.7 Å². The number of amides is 2. The van der Waals surface area contributed by atoms with Gasteiger partial charge in [-0.3, -0.25) is 9.59 Å². The van der Waals surface area contributed by atoms with E-state index >= 15 is 0 Å². The normalized spacial score (nSPS) is 23.1. The Morgan fingerprint density at radius 1 is 1.16 bits per heavy atom. The smallest absolute Gasteiger partial charge is 0.255 e. The van der Waals surface area contributed by atoms with Crippen molar-refractivity contribution in [2.75, 3.05) is 25.5 Å². The van der Waals surface area contributed by atoms with Gasteiger partial charge < -0.3 is 20.7 Å². The van der Waals surface area contributed by atoms with E-state index in [2.05, 4.69) is 5.32 Å². The highest BCUT2D eigenvalue weighted by molar-refractivity contribution is 6.34. The Hall–Kier alpha value is -2.57. The molecule has 1 saturated carbocycles. The van der Waals surface area contributed by atoms with Gasteiger partial charge in [0.1, 0.15) is 5.75 Å². The average molecular weight is 442 g/mol. The van der Waals surface area contributed by atoms with Crippen LogP contribution in [-0.2, 0) is 0 Å². The number of nitrogens with one attached hydrogen (secondary N) is 1. The molecule has 2 fully saturated rings. The first-order chi connectivity index (χ1) is 14.9. The Morgan fingerprint density at radius 3 is 2.65 bits per heavy atom. The second-order valence-corrected chi connectivity index (χ2v) is 8.96. The molecule has 0 spiro atoms. The van der Waals surface area contributed by atoms with Crippen LogP contribution in [0.2, 0.25) is 5.02 Å². The van der Waals surface area contributed by atoms with E-state index in [-0.39, 0.29) is 17.4 Å². The minimum absolute atomic E-state index is 0.0781. The molecule has 0 aromatic heterocycles. The molecule has 0 bridgehead atoms. The lowest BCUT2D eigenvalue weighted by Gasteiger charge is -2.48. The second-order valence-electron chi connectivity index (χ2n) is 8.55. The van der Waals surface area contributed by atoms with Gasteiger partial charge in [-0.2, -0.15) is 0 Å². The van der Waals surface area contributed by atoms with Gasteiger partial charge in [0.25, 0.3) is 11.8 Å². The summed E-state index contributed by atoms with van der Waals surface area (Å²) in [6, 6.07) is 11.8. The lowest BCUT2D eigenvalue weighted by molar-refractivity contribution is 0.0432. The fourth-order valence-corrected chi connectivity index (χ4v) is 4.97. The number of likely N-dealkylation sites (tertiary alicyclic amines) is 1. The van der Waals surface area contributed by atoms with Gasteiger partial charge in [-0.05, 0) is 67.6 Å². The van der Waals surface area contributed by atoms with Crippen LogP contribution in [0.4, 0.5) is 5.69 Å². The fraction of sp³-hybridized carbons (Fsp3) is 0.417. The zero-order valence-corrected chi connectivity index (χ0v) is 18.5. The van der Waals surface area contributed by atoms with E-state index in [1.54, 1.807) is 49.6 Å². The fourth-order valence-electron chi connectivity index (χ4n) is 4.71. The maximum atomic E-state index is 13.1. The molecule has 1 heterocycles. The molecular weight excluding hydrogens is 414 g/mol. The van der Waals surface area contributed by atoms with E-state index in [0.717, 1.165) is 19.3 Å². The molecule has 2 amide bonds. The zero-order valence-electron chi connectivity index (χ0n) is 17.7. The zero-order chi connectivity index (χ0) is 22.0. The number of anilines is 1. The van der Waals surface area contributed by atoms with Crippen molar-refractivity contribution in [3.63, 3.8) is 0 Å². The molecule has 3 N–H and O–H groups in total. The highest BCUT2D eigenvalue weighted by Crippen LogP contribution is 2.38. The number of nitrogens with zero attached hydrogens (tertiary/aromatic N) is 1. The van der Waals surface area contributed by atoms with Gasteiger partial charge in [0.2, 0.25) is 0 Å². The van der Waals surface area contributed by atoms with Crippen LogP contribution < -0.4 is 15.8 Å². The van der Waals surface area contributed by atoms with Gasteiger partial charge >= 0.3 is 0 Å². The number of benzene rings is 2. The molecular formula is C24H28ClN3O3. The Labute approximate surface area is 187 Å². The number of rotatable bonds is 4. The quantitative estimate of drug-likeness (QED) is 0.739. The molecule has 6 nitrogen and oxygen atoms in total. The van der Waals surface area contributed by atoms with Crippen molar-refractivity contribution in [3.05, 3.63) is 58.6 Å². The van der Waals surface area contributed by atoms with Crippen molar-refractivity contribution in [2.24, 2.45) is 11.7 Å². The van der Waals surface area contributed by atoms with Crippen LogP contribution >= 0.6 is 11.6 Å². The summed E-state index contributed by atoms with van der Waals surface area (Å²) in [6.07, 6.45) is 5.30. The molecule has 0 radical (unpaired) electrons. The number of methoxy groups -OCH3 is 1. The molecule has 2 unspecified atom stereocenters. The largest absolute Gasteiger partial charge is 0.497 e. The molecule has 164 valence electrons. The minimum Gasteiger partial charge on any atom is -0.497 e. The summed E-state index contributed by atoms with van der Waals surface area (Å²) in [5.74, 6) is 0.692. The van der Waals surface area contributed by atoms with E-state index in [1.807, 2.05) is 4.90 Å². The second kappa shape index (κ2) is 8.89. The molecule has 2 aromatic rings. The molecule has 1 aliphatic carbocycles. The lowest BCUT2D eigenvalue weighted by Crippen LogP contribution is -2.59. The summed E-state index contributed by atoms with van der Waals surface area (Å²) in [5.41, 5.74) is 7.97. The van der Waals surface area contributed by atoms with Crippen LogP contribution in [0.25, 0.3) is 0 Å². The maximum absolute atomic E-state index is 13.1. The summed E-state index contributed by atoms with van der Waals surface area (Å²) in [4.78, 5) is 27.5. The number of hydrogen-bond acceptors (Lipinski definition) is 4. The van der Waals surface area contributed by atoms with E-state index in [0.29, 0.717) is 46.6 Å². The predicted molar refractivity (Wildman–Crippen MR) is 122 cm³/mol. The summed E-state index contributed by atoms with van der Waals surface area (Å²) in [7, 11) is 1.57. The number of carbonyl (C=O) groups is 2. The Morgan fingerprint density at radius 2 is 1.94 bits per heavy atom. The van der Waals surface area contributed by atoms with Crippen LogP contribution in [0, 0.1) is 5.92 Å². The third-order valence-corrected chi connectivity index (χ3v) is 6.96.